The van der Waals surface area contributed by atoms with Crippen LogP contribution in [0.15, 0.2) is 48.5 Å². The SMILES string of the molecule is Cc1cc(I)ccc1NC(=O)[C@H](COCc1ccccc1)NC(=O)OC(C)(C)C. The number of amides is 2. The smallest absolute Gasteiger partial charge is 0.408 e. The zero-order chi connectivity index (χ0) is 21.4. The maximum atomic E-state index is 12.8. The third kappa shape index (κ3) is 8.41. The fourth-order valence-electron chi connectivity index (χ4n) is 2.49. The standard InChI is InChI=1S/C22H27IN2O4/c1-15-12-17(23)10-11-18(15)24-20(26)19(25-21(27)29-22(2,3)4)14-28-13-16-8-6-5-7-9-16/h5-12,19H,13-14H2,1-4H3,(H,24,26)(H,25,27)/t19-/m0/s1. The zero-order valence-corrected chi connectivity index (χ0v) is 19.3. The molecule has 0 spiro atoms. The van der Waals surface area contributed by atoms with Crippen LogP contribution in [0.4, 0.5) is 10.5 Å². The molecule has 2 rings (SSSR count). The van der Waals surface area contributed by atoms with Crippen LogP contribution in [0, 0.1) is 10.5 Å². The van der Waals surface area contributed by atoms with Crippen molar-refractivity contribution in [3.63, 3.8) is 0 Å². The number of hydrogen-bond donors (Lipinski definition) is 2. The van der Waals surface area contributed by atoms with E-state index in [2.05, 4.69) is 33.2 Å². The van der Waals surface area contributed by atoms with Gasteiger partial charge in [0.15, 0.2) is 0 Å². The summed E-state index contributed by atoms with van der Waals surface area (Å²) in [4.78, 5) is 25.0. The first kappa shape index (κ1) is 23.2. The van der Waals surface area contributed by atoms with Crippen LogP contribution in [0.1, 0.15) is 31.9 Å². The number of halogens is 1. The Morgan fingerprint density at radius 1 is 1.10 bits per heavy atom. The number of rotatable bonds is 7. The molecule has 0 bridgehead atoms. The number of ether oxygens (including phenoxy) is 2. The van der Waals surface area contributed by atoms with E-state index in [-0.39, 0.29) is 12.5 Å². The number of aryl methyl sites for hydroxylation is 1. The van der Waals surface area contributed by atoms with Gasteiger partial charge in [0.05, 0.1) is 13.2 Å². The highest BCUT2D eigenvalue weighted by Crippen LogP contribution is 2.18. The molecule has 0 aliphatic rings. The van der Waals surface area contributed by atoms with Gasteiger partial charge in [-0.15, -0.1) is 0 Å². The van der Waals surface area contributed by atoms with Crippen LogP contribution in [0.5, 0.6) is 0 Å². The molecule has 0 aliphatic carbocycles. The number of nitrogens with one attached hydrogen (secondary N) is 2. The molecular formula is C22H27IN2O4. The highest BCUT2D eigenvalue weighted by Gasteiger charge is 2.25. The summed E-state index contributed by atoms with van der Waals surface area (Å²) in [7, 11) is 0. The summed E-state index contributed by atoms with van der Waals surface area (Å²) in [5.74, 6) is -0.367. The predicted molar refractivity (Wildman–Crippen MR) is 122 cm³/mol. The lowest BCUT2D eigenvalue weighted by Crippen LogP contribution is -2.48. The molecule has 156 valence electrons. The second kappa shape index (κ2) is 10.6. The minimum absolute atomic E-state index is 0.0172. The fraction of sp³-hybridized carbons (Fsp3) is 0.364. The predicted octanol–water partition coefficient (Wildman–Crippen LogP) is 4.65. The van der Waals surface area contributed by atoms with Crippen molar-refractivity contribution in [2.45, 2.75) is 45.9 Å². The van der Waals surface area contributed by atoms with Crippen LogP contribution < -0.4 is 10.6 Å². The summed E-state index contributed by atoms with van der Waals surface area (Å²) in [6.07, 6.45) is -0.666. The van der Waals surface area contributed by atoms with E-state index < -0.39 is 17.7 Å². The topological polar surface area (TPSA) is 76.7 Å². The summed E-state index contributed by atoms with van der Waals surface area (Å²) >= 11 is 2.22. The molecule has 2 N–H and O–H groups in total. The number of carbonyl (C=O) groups excluding carboxylic acids is 2. The van der Waals surface area contributed by atoms with Crippen LogP contribution in [-0.4, -0.2) is 30.3 Å². The highest BCUT2D eigenvalue weighted by atomic mass is 127. The summed E-state index contributed by atoms with van der Waals surface area (Å²) in [6.45, 7) is 7.57. The Balaban J connectivity index is 2.05. The van der Waals surface area contributed by atoms with E-state index in [9.17, 15) is 9.59 Å². The molecule has 0 heterocycles. The molecule has 2 aromatic carbocycles. The zero-order valence-electron chi connectivity index (χ0n) is 17.1. The molecule has 0 aliphatic heterocycles. The quantitative estimate of drug-likeness (QED) is 0.532. The third-order valence-corrected chi connectivity index (χ3v) is 4.52. The van der Waals surface area contributed by atoms with E-state index >= 15 is 0 Å². The highest BCUT2D eigenvalue weighted by molar-refractivity contribution is 14.1. The van der Waals surface area contributed by atoms with Crippen molar-refractivity contribution in [2.75, 3.05) is 11.9 Å². The largest absolute Gasteiger partial charge is 0.444 e. The molecular weight excluding hydrogens is 483 g/mol. The second-order valence-corrected chi connectivity index (χ2v) is 8.89. The molecule has 2 aromatic rings. The van der Waals surface area contributed by atoms with E-state index in [0.29, 0.717) is 12.3 Å². The van der Waals surface area contributed by atoms with E-state index in [4.69, 9.17) is 9.47 Å². The summed E-state index contributed by atoms with van der Waals surface area (Å²) < 4.78 is 12.1. The van der Waals surface area contributed by atoms with E-state index in [1.165, 1.54) is 0 Å². The van der Waals surface area contributed by atoms with Gasteiger partial charge in [0.2, 0.25) is 5.91 Å². The first-order valence-electron chi connectivity index (χ1n) is 9.32. The van der Waals surface area contributed by atoms with Crippen LogP contribution in [-0.2, 0) is 20.9 Å². The van der Waals surface area contributed by atoms with Crippen molar-refractivity contribution >= 4 is 40.3 Å². The van der Waals surface area contributed by atoms with Gasteiger partial charge in [-0.05, 0) is 79.6 Å². The molecule has 7 heteroatoms. The minimum atomic E-state index is -0.896. The molecule has 0 aromatic heterocycles. The molecule has 2 amide bonds. The number of benzene rings is 2. The van der Waals surface area contributed by atoms with Crippen molar-refractivity contribution in [2.24, 2.45) is 0 Å². The Kier molecular flexibility index (Phi) is 8.45. The van der Waals surface area contributed by atoms with E-state index in [0.717, 1.165) is 14.7 Å². The Bertz CT molecular complexity index is 834. The lowest BCUT2D eigenvalue weighted by Gasteiger charge is -2.23. The molecule has 0 saturated carbocycles. The fourth-order valence-corrected chi connectivity index (χ4v) is 3.14. The van der Waals surface area contributed by atoms with E-state index in [1.807, 2.05) is 55.5 Å². The van der Waals surface area contributed by atoms with Crippen molar-refractivity contribution in [3.05, 3.63) is 63.2 Å². The Labute approximate surface area is 185 Å². The number of hydrogen-bond acceptors (Lipinski definition) is 4. The molecule has 0 radical (unpaired) electrons. The first-order chi connectivity index (χ1) is 13.6. The lowest BCUT2D eigenvalue weighted by atomic mass is 10.2. The van der Waals surface area contributed by atoms with Gasteiger partial charge < -0.3 is 20.1 Å². The van der Waals surface area contributed by atoms with Crippen molar-refractivity contribution < 1.29 is 19.1 Å². The Hall–Kier alpha value is -2.13. The lowest BCUT2D eigenvalue weighted by molar-refractivity contribution is -0.119. The monoisotopic (exact) mass is 510 g/mol. The third-order valence-electron chi connectivity index (χ3n) is 3.85. The van der Waals surface area contributed by atoms with Crippen LogP contribution in [0.25, 0.3) is 0 Å². The van der Waals surface area contributed by atoms with Crippen LogP contribution >= 0.6 is 22.6 Å². The summed E-state index contributed by atoms with van der Waals surface area (Å²) in [5.41, 5.74) is 1.95. The molecule has 6 nitrogen and oxygen atoms in total. The van der Waals surface area contributed by atoms with Gasteiger partial charge in [-0.3, -0.25) is 4.79 Å². The molecule has 0 unspecified atom stereocenters. The molecule has 0 fully saturated rings. The van der Waals surface area contributed by atoms with Gasteiger partial charge in [0.1, 0.15) is 11.6 Å². The average Bonchev–Trinajstić information content (AvgIpc) is 2.62. The summed E-state index contributed by atoms with van der Waals surface area (Å²) in [5, 5.41) is 5.47. The maximum absolute atomic E-state index is 12.8. The van der Waals surface area contributed by atoms with Crippen molar-refractivity contribution in [1.82, 2.24) is 5.32 Å². The van der Waals surface area contributed by atoms with Crippen LogP contribution in [0.2, 0.25) is 0 Å². The van der Waals surface area contributed by atoms with Gasteiger partial charge in [-0.2, -0.15) is 0 Å². The average molecular weight is 510 g/mol. The minimum Gasteiger partial charge on any atom is -0.444 e. The van der Waals surface area contributed by atoms with Gasteiger partial charge in [0.25, 0.3) is 0 Å². The van der Waals surface area contributed by atoms with Gasteiger partial charge in [-0.1, -0.05) is 30.3 Å². The molecule has 29 heavy (non-hydrogen) atoms. The Morgan fingerprint density at radius 3 is 2.41 bits per heavy atom. The summed E-state index contributed by atoms with van der Waals surface area (Å²) in [6, 6.07) is 14.5. The maximum Gasteiger partial charge on any atom is 0.408 e. The molecule has 1 atom stereocenters. The van der Waals surface area contributed by atoms with Crippen molar-refractivity contribution in [1.29, 1.82) is 0 Å². The second-order valence-electron chi connectivity index (χ2n) is 7.65. The number of anilines is 1. The van der Waals surface area contributed by atoms with E-state index in [1.54, 1.807) is 20.8 Å². The number of carbonyl (C=O) groups is 2. The van der Waals surface area contributed by atoms with Gasteiger partial charge in [0, 0.05) is 9.26 Å². The van der Waals surface area contributed by atoms with Gasteiger partial charge in [-0.25, -0.2) is 4.79 Å². The normalized spacial score (nSPS) is 12.2. The first-order valence-corrected chi connectivity index (χ1v) is 10.4. The Morgan fingerprint density at radius 2 is 1.79 bits per heavy atom. The van der Waals surface area contributed by atoms with Gasteiger partial charge >= 0.3 is 6.09 Å². The number of alkyl carbamates (subject to hydrolysis) is 1. The van der Waals surface area contributed by atoms with Crippen molar-refractivity contribution in [3.8, 4) is 0 Å². The van der Waals surface area contributed by atoms with Crippen LogP contribution in [0.3, 0.4) is 0 Å². The molecule has 0 saturated heterocycles.